The average molecular weight is 322 g/mol. The van der Waals surface area contributed by atoms with Crippen molar-refractivity contribution in [1.29, 1.82) is 0 Å². The van der Waals surface area contributed by atoms with Crippen molar-refractivity contribution in [2.45, 2.75) is 33.1 Å². The molecule has 1 heterocycles. The number of aromatic nitrogens is 2. The van der Waals surface area contributed by atoms with Gasteiger partial charge in [-0.05, 0) is 34.7 Å². The lowest BCUT2D eigenvalue weighted by atomic mass is 10.4. The van der Waals surface area contributed by atoms with E-state index in [1.165, 1.54) is 4.68 Å². The van der Waals surface area contributed by atoms with Crippen molar-refractivity contribution in [2.24, 2.45) is 0 Å². The van der Waals surface area contributed by atoms with Crippen molar-refractivity contribution in [1.82, 2.24) is 9.78 Å². The smallest absolute Gasteiger partial charge is 0.358 e. The molecule has 0 aliphatic heterocycles. The zero-order valence-electron chi connectivity index (χ0n) is 10.3. The zero-order valence-corrected chi connectivity index (χ0v) is 11.9. The summed E-state index contributed by atoms with van der Waals surface area (Å²) < 4.78 is 12.6. The highest BCUT2D eigenvalue weighted by molar-refractivity contribution is 9.10. The van der Waals surface area contributed by atoms with E-state index in [9.17, 15) is 10.1 Å². The van der Waals surface area contributed by atoms with Gasteiger partial charge in [0.1, 0.15) is 4.47 Å². The van der Waals surface area contributed by atoms with Crippen LogP contribution in [0.15, 0.2) is 10.7 Å². The number of aryl methyl sites for hydroxylation is 1. The summed E-state index contributed by atoms with van der Waals surface area (Å²) >= 11 is 3.10. The van der Waals surface area contributed by atoms with Gasteiger partial charge in [-0.1, -0.05) is 0 Å². The van der Waals surface area contributed by atoms with E-state index in [0.717, 1.165) is 0 Å². The molecule has 0 fully saturated rings. The van der Waals surface area contributed by atoms with Crippen LogP contribution >= 0.6 is 15.9 Å². The Kier molecular flexibility index (Phi) is 6.23. The van der Waals surface area contributed by atoms with Gasteiger partial charge in [-0.15, -0.1) is 0 Å². The van der Waals surface area contributed by atoms with Crippen molar-refractivity contribution >= 4 is 21.7 Å². The molecule has 0 aromatic carbocycles. The van der Waals surface area contributed by atoms with Gasteiger partial charge in [0.25, 0.3) is 0 Å². The lowest BCUT2D eigenvalue weighted by Crippen LogP contribution is -2.19. The first-order chi connectivity index (χ1) is 8.58. The first-order valence-corrected chi connectivity index (χ1v) is 6.48. The third-order valence-corrected chi connectivity index (χ3v) is 2.73. The van der Waals surface area contributed by atoms with Crippen molar-refractivity contribution in [3.8, 4) is 0 Å². The molecule has 0 unspecified atom stereocenters. The second kappa shape index (κ2) is 7.45. The van der Waals surface area contributed by atoms with Crippen LogP contribution in [0.2, 0.25) is 0 Å². The van der Waals surface area contributed by atoms with Gasteiger partial charge in [-0.2, -0.15) is 4.68 Å². The highest BCUT2D eigenvalue weighted by Crippen LogP contribution is 2.22. The summed E-state index contributed by atoms with van der Waals surface area (Å²) in [6, 6.07) is 0. The molecule has 7 nitrogen and oxygen atoms in total. The monoisotopic (exact) mass is 321 g/mol. The first-order valence-electron chi connectivity index (χ1n) is 5.69. The number of halogens is 1. The summed E-state index contributed by atoms with van der Waals surface area (Å²) in [5.74, 6) is -0.181. The van der Waals surface area contributed by atoms with Crippen LogP contribution in [0.1, 0.15) is 20.3 Å². The summed E-state index contributed by atoms with van der Waals surface area (Å²) in [6.07, 6.45) is 1.86. The van der Waals surface area contributed by atoms with E-state index in [1.54, 1.807) is 6.20 Å². The van der Waals surface area contributed by atoms with Crippen molar-refractivity contribution in [3.63, 3.8) is 0 Å². The molecule has 18 heavy (non-hydrogen) atoms. The molecule has 1 aromatic rings. The molecule has 0 spiro atoms. The number of hydrogen-bond acceptors (Lipinski definition) is 5. The molecule has 0 aliphatic rings. The Morgan fingerprint density at radius 2 is 2.11 bits per heavy atom. The van der Waals surface area contributed by atoms with Crippen LogP contribution in [0.25, 0.3) is 0 Å². The molecule has 0 atom stereocenters. The summed E-state index contributed by atoms with van der Waals surface area (Å²) in [4.78, 5) is 10.1. The number of ether oxygens (including phenoxy) is 2. The lowest BCUT2D eigenvalue weighted by Gasteiger charge is -2.15. The van der Waals surface area contributed by atoms with E-state index < -0.39 is 4.92 Å². The van der Waals surface area contributed by atoms with E-state index in [4.69, 9.17) is 9.47 Å². The van der Waals surface area contributed by atoms with Gasteiger partial charge in [0.05, 0.1) is 17.8 Å². The van der Waals surface area contributed by atoms with Crippen LogP contribution in [0, 0.1) is 10.1 Å². The minimum atomic E-state index is -0.525. The minimum Gasteiger partial charge on any atom is -0.358 e. The largest absolute Gasteiger partial charge is 0.404 e. The van der Waals surface area contributed by atoms with E-state index in [-0.39, 0.29) is 12.1 Å². The molecular weight excluding hydrogens is 306 g/mol. The normalized spacial score (nSPS) is 11.1. The van der Waals surface area contributed by atoms with Crippen molar-refractivity contribution in [3.05, 3.63) is 20.8 Å². The average Bonchev–Trinajstić information content (AvgIpc) is 2.68. The molecule has 0 bridgehead atoms. The zero-order chi connectivity index (χ0) is 13.5. The fraction of sp³-hybridized carbons (Fsp3) is 0.700. The summed E-state index contributed by atoms with van der Waals surface area (Å²) in [6.45, 7) is 5.40. The highest BCUT2D eigenvalue weighted by atomic mass is 79.9. The van der Waals surface area contributed by atoms with Crippen LogP contribution in [-0.4, -0.2) is 34.2 Å². The molecule has 0 saturated heterocycles. The fourth-order valence-corrected chi connectivity index (χ4v) is 1.91. The van der Waals surface area contributed by atoms with Gasteiger partial charge in [0.2, 0.25) is 0 Å². The summed E-state index contributed by atoms with van der Waals surface area (Å²) in [5, 5.41) is 14.5. The second-order valence-electron chi connectivity index (χ2n) is 3.45. The quantitative estimate of drug-likeness (QED) is 0.417. The molecular formula is C10H16BrN3O4. The van der Waals surface area contributed by atoms with Crippen LogP contribution in [0.5, 0.6) is 0 Å². The Hall–Kier alpha value is -0.990. The molecule has 1 rings (SSSR count). The standard InChI is InChI=1S/C10H16BrN3O4/c1-3-17-9(18-4-2)5-6-13-7-8(11)10(12-13)14(15)16/h7,9H,3-6H2,1-2H3. The third-order valence-electron chi connectivity index (χ3n) is 2.17. The molecule has 8 heteroatoms. The van der Waals surface area contributed by atoms with Gasteiger partial charge in [0, 0.05) is 19.6 Å². The second-order valence-corrected chi connectivity index (χ2v) is 4.30. The maximum absolute atomic E-state index is 10.6. The Labute approximate surface area is 113 Å². The highest BCUT2D eigenvalue weighted by Gasteiger charge is 2.19. The molecule has 0 N–H and O–H groups in total. The molecule has 1 aromatic heterocycles. The van der Waals surface area contributed by atoms with Crippen LogP contribution in [0.3, 0.4) is 0 Å². The molecule has 0 radical (unpaired) electrons. The van der Waals surface area contributed by atoms with E-state index >= 15 is 0 Å². The Bertz CT molecular complexity index is 390. The topological polar surface area (TPSA) is 79.4 Å². The van der Waals surface area contributed by atoms with E-state index in [1.807, 2.05) is 13.8 Å². The van der Waals surface area contributed by atoms with Crippen LogP contribution in [0.4, 0.5) is 5.82 Å². The lowest BCUT2D eigenvalue weighted by molar-refractivity contribution is -0.390. The summed E-state index contributed by atoms with van der Waals surface area (Å²) in [5.41, 5.74) is 0. The number of rotatable bonds is 8. The predicted octanol–water partition coefficient (Wildman–Crippen LogP) is 2.34. The molecule has 0 amide bonds. The van der Waals surface area contributed by atoms with Gasteiger partial charge in [-0.3, -0.25) is 0 Å². The van der Waals surface area contributed by atoms with Gasteiger partial charge >= 0.3 is 5.82 Å². The Morgan fingerprint density at radius 3 is 2.56 bits per heavy atom. The van der Waals surface area contributed by atoms with Gasteiger partial charge in [0.15, 0.2) is 6.29 Å². The summed E-state index contributed by atoms with van der Waals surface area (Å²) in [7, 11) is 0. The minimum absolute atomic E-state index is 0.181. The molecule has 0 saturated carbocycles. The molecule has 0 aliphatic carbocycles. The maximum atomic E-state index is 10.6. The van der Waals surface area contributed by atoms with Crippen molar-refractivity contribution < 1.29 is 14.4 Å². The predicted molar refractivity (Wildman–Crippen MR) is 68.2 cm³/mol. The van der Waals surface area contributed by atoms with E-state index in [0.29, 0.717) is 30.7 Å². The number of nitrogens with zero attached hydrogens (tertiary/aromatic N) is 3. The first kappa shape index (κ1) is 15.1. The maximum Gasteiger partial charge on any atom is 0.404 e. The Balaban J connectivity index is 2.56. The van der Waals surface area contributed by atoms with Gasteiger partial charge < -0.3 is 19.6 Å². The Morgan fingerprint density at radius 1 is 1.50 bits per heavy atom. The van der Waals surface area contributed by atoms with Crippen molar-refractivity contribution in [2.75, 3.05) is 13.2 Å². The van der Waals surface area contributed by atoms with E-state index in [2.05, 4.69) is 21.0 Å². The van der Waals surface area contributed by atoms with Crippen LogP contribution < -0.4 is 0 Å². The number of nitro groups is 1. The van der Waals surface area contributed by atoms with Crippen LogP contribution in [-0.2, 0) is 16.0 Å². The van der Waals surface area contributed by atoms with Gasteiger partial charge in [-0.25, -0.2) is 0 Å². The number of hydrogen-bond donors (Lipinski definition) is 0. The fourth-order valence-electron chi connectivity index (χ4n) is 1.45. The third kappa shape index (κ3) is 4.35. The SMILES string of the molecule is CCOC(CCn1cc(Br)c([N+](=O)[O-])n1)OCC. The molecule has 102 valence electrons.